The minimum Gasteiger partial charge on any atom is -0.388 e. The van der Waals surface area contributed by atoms with Gasteiger partial charge >= 0.3 is 0 Å². The van der Waals surface area contributed by atoms with Crippen LogP contribution in [-0.2, 0) is 0 Å². The molecule has 1 aromatic rings. The van der Waals surface area contributed by atoms with Gasteiger partial charge < -0.3 is 5.73 Å². The van der Waals surface area contributed by atoms with E-state index in [0.29, 0.717) is 6.42 Å². The average Bonchev–Trinajstić information content (AvgIpc) is 3.30. The molecule has 4 heteroatoms. The van der Waals surface area contributed by atoms with Crippen molar-refractivity contribution in [1.29, 1.82) is 5.41 Å². The number of hydrogen-bond acceptors (Lipinski definition) is 3. The van der Waals surface area contributed by atoms with Gasteiger partial charge in [-0.05, 0) is 18.4 Å². The maximum atomic E-state index is 7.65. The molecule has 0 radical (unpaired) electrons. The molecule has 1 aliphatic carbocycles. The highest BCUT2D eigenvalue weighted by Gasteiger charge is 2.33. The molecule has 3 rings (SSSR count). The molecule has 1 saturated heterocycles. The van der Waals surface area contributed by atoms with Crippen LogP contribution in [0, 0.1) is 5.41 Å². The monoisotopic (exact) mass is 272 g/mol. The van der Waals surface area contributed by atoms with Crippen molar-refractivity contribution < 1.29 is 0 Å². The molecule has 1 atom stereocenters. The summed E-state index contributed by atoms with van der Waals surface area (Å²) in [5, 5.41) is 7.65. The highest BCUT2D eigenvalue weighted by atomic mass is 15.3. The fourth-order valence-electron chi connectivity index (χ4n) is 3.20. The van der Waals surface area contributed by atoms with Crippen LogP contribution in [0.1, 0.15) is 30.9 Å². The first-order chi connectivity index (χ1) is 9.74. The summed E-state index contributed by atoms with van der Waals surface area (Å²) in [7, 11) is 0. The lowest BCUT2D eigenvalue weighted by atomic mass is 10.0. The Balaban J connectivity index is 1.68. The molecule has 1 aromatic carbocycles. The number of nitrogens with one attached hydrogen (secondary N) is 1. The van der Waals surface area contributed by atoms with E-state index in [0.717, 1.165) is 32.2 Å². The van der Waals surface area contributed by atoms with Crippen molar-refractivity contribution in [1.82, 2.24) is 9.80 Å². The molecule has 0 spiro atoms. The van der Waals surface area contributed by atoms with Crippen LogP contribution in [0.4, 0.5) is 0 Å². The highest BCUT2D eigenvalue weighted by molar-refractivity contribution is 5.77. The molecule has 1 aliphatic heterocycles. The molecule has 0 bridgehead atoms. The van der Waals surface area contributed by atoms with Crippen molar-refractivity contribution in [2.45, 2.75) is 31.3 Å². The number of piperazine rings is 1. The van der Waals surface area contributed by atoms with Gasteiger partial charge in [-0.25, -0.2) is 0 Å². The van der Waals surface area contributed by atoms with Crippen LogP contribution in [0.15, 0.2) is 30.3 Å². The van der Waals surface area contributed by atoms with Gasteiger partial charge in [0.15, 0.2) is 0 Å². The van der Waals surface area contributed by atoms with E-state index < -0.39 is 0 Å². The van der Waals surface area contributed by atoms with Crippen molar-refractivity contribution >= 4 is 5.84 Å². The van der Waals surface area contributed by atoms with Gasteiger partial charge in [0.2, 0.25) is 0 Å². The summed E-state index contributed by atoms with van der Waals surface area (Å²) in [5.74, 6) is 0.281. The minimum atomic E-state index is 0.259. The lowest BCUT2D eigenvalue weighted by Crippen LogP contribution is -2.48. The SMILES string of the molecule is N=C(N)CC(c1ccccc1)N1CCN(C2CC2)CC1. The first-order valence-electron chi connectivity index (χ1n) is 7.60. The Morgan fingerprint density at radius 2 is 1.80 bits per heavy atom. The molecule has 1 heterocycles. The molecule has 3 N–H and O–H groups in total. The molecule has 2 aliphatic rings. The Labute approximate surface area is 121 Å². The van der Waals surface area contributed by atoms with Crippen LogP contribution in [0.5, 0.6) is 0 Å². The zero-order valence-corrected chi connectivity index (χ0v) is 12.0. The molecule has 2 fully saturated rings. The number of nitrogens with two attached hydrogens (primary N) is 1. The number of nitrogens with zero attached hydrogens (tertiary/aromatic N) is 2. The van der Waals surface area contributed by atoms with Crippen LogP contribution in [0.25, 0.3) is 0 Å². The third kappa shape index (κ3) is 3.19. The largest absolute Gasteiger partial charge is 0.388 e. The predicted molar refractivity (Wildman–Crippen MR) is 81.9 cm³/mol. The number of rotatable bonds is 5. The van der Waals surface area contributed by atoms with Gasteiger partial charge in [0, 0.05) is 44.7 Å². The van der Waals surface area contributed by atoms with E-state index in [1.165, 1.54) is 18.4 Å². The summed E-state index contributed by atoms with van der Waals surface area (Å²) in [6.45, 7) is 4.49. The summed E-state index contributed by atoms with van der Waals surface area (Å²) >= 11 is 0. The summed E-state index contributed by atoms with van der Waals surface area (Å²) in [6.07, 6.45) is 3.40. The fourth-order valence-corrected chi connectivity index (χ4v) is 3.20. The van der Waals surface area contributed by atoms with E-state index in [9.17, 15) is 0 Å². The fraction of sp³-hybridized carbons (Fsp3) is 0.562. The minimum absolute atomic E-state index is 0.259. The van der Waals surface area contributed by atoms with Gasteiger partial charge in [0.05, 0.1) is 5.84 Å². The molecule has 20 heavy (non-hydrogen) atoms. The topological polar surface area (TPSA) is 56.4 Å². The Morgan fingerprint density at radius 3 is 2.35 bits per heavy atom. The second-order valence-electron chi connectivity index (χ2n) is 5.96. The molecular weight excluding hydrogens is 248 g/mol. The molecule has 0 aromatic heterocycles. The third-order valence-electron chi connectivity index (χ3n) is 4.45. The Morgan fingerprint density at radius 1 is 1.15 bits per heavy atom. The van der Waals surface area contributed by atoms with Crippen molar-refractivity contribution in [3.8, 4) is 0 Å². The summed E-state index contributed by atoms with van der Waals surface area (Å²) in [5.41, 5.74) is 6.95. The molecular formula is C16H24N4. The highest BCUT2D eigenvalue weighted by Crippen LogP contribution is 2.30. The van der Waals surface area contributed by atoms with Crippen molar-refractivity contribution in [2.24, 2.45) is 5.73 Å². The Bertz CT molecular complexity index is 447. The van der Waals surface area contributed by atoms with Crippen LogP contribution in [-0.4, -0.2) is 47.9 Å². The van der Waals surface area contributed by atoms with Gasteiger partial charge in [-0.15, -0.1) is 0 Å². The normalized spacial score (nSPS) is 22.6. The van der Waals surface area contributed by atoms with E-state index in [4.69, 9.17) is 11.1 Å². The third-order valence-corrected chi connectivity index (χ3v) is 4.45. The van der Waals surface area contributed by atoms with Gasteiger partial charge in [0.1, 0.15) is 0 Å². The zero-order chi connectivity index (χ0) is 13.9. The maximum absolute atomic E-state index is 7.65. The van der Waals surface area contributed by atoms with Crippen LogP contribution >= 0.6 is 0 Å². The van der Waals surface area contributed by atoms with Crippen molar-refractivity contribution in [3.05, 3.63) is 35.9 Å². The first-order valence-corrected chi connectivity index (χ1v) is 7.60. The molecule has 1 saturated carbocycles. The van der Waals surface area contributed by atoms with Crippen LogP contribution in [0.2, 0.25) is 0 Å². The van der Waals surface area contributed by atoms with E-state index in [1.54, 1.807) is 0 Å². The predicted octanol–water partition coefficient (Wildman–Crippen LogP) is 1.83. The van der Waals surface area contributed by atoms with E-state index in [2.05, 4.69) is 34.1 Å². The van der Waals surface area contributed by atoms with Crippen molar-refractivity contribution in [2.75, 3.05) is 26.2 Å². The van der Waals surface area contributed by atoms with Crippen LogP contribution in [0.3, 0.4) is 0 Å². The molecule has 0 amide bonds. The van der Waals surface area contributed by atoms with Gasteiger partial charge in [-0.3, -0.25) is 15.2 Å². The maximum Gasteiger partial charge on any atom is 0.0924 e. The summed E-state index contributed by atoms with van der Waals surface area (Å²) in [6, 6.07) is 11.6. The molecule has 108 valence electrons. The van der Waals surface area contributed by atoms with Gasteiger partial charge in [-0.2, -0.15) is 0 Å². The molecule has 4 nitrogen and oxygen atoms in total. The average molecular weight is 272 g/mol. The number of hydrogen-bond donors (Lipinski definition) is 2. The Hall–Kier alpha value is -1.39. The Kier molecular flexibility index (Phi) is 4.03. The lowest BCUT2D eigenvalue weighted by molar-refractivity contribution is 0.0932. The first kappa shape index (κ1) is 13.6. The van der Waals surface area contributed by atoms with Crippen molar-refractivity contribution in [3.63, 3.8) is 0 Å². The second-order valence-corrected chi connectivity index (χ2v) is 5.96. The van der Waals surface area contributed by atoms with E-state index in [-0.39, 0.29) is 11.9 Å². The number of amidine groups is 1. The number of benzene rings is 1. The lowest BCUT2D eigenvalue weighted by Gasteiger charge is -2.39. The second kappa shape index (κ2) is 5.94. The summed E-state index contributed by atoms with van der Waals surface area (Å²) < 4.78 is 0. The van der Waals surface area contributed by atoms with Crippen LogP contribution < -0.4 is 5.73 Å². The van der Waals surface area contributed by atoms with E-state index >= 15 is 0 Å². The molecule has 1 unspecified atom stereocenters. The standard InChI is InChI=1S/C16H24N4/c17-16(18)12-15(13-4-2-1-3-5-13)20-10-8-19(9-11-20)14-6-7-14/h1-5,14-15H,6-12H2,(H3,17,18). The smallest absolute Gasteiger partial charge is 0.0924 e. The van der Waals surface area contributed by atoms with Gasteiger partial charge in [0.25, 0.3) is 0 Å². The summed E-state index contributed by atoms with van der Waals surface area (Å²) in [4.78, 5) is 5.11. The van der Waals surface area contributed by atoms with E-state index in [1.807, 2.05) is 6.07 Å². The zero-order valence-electron chi connectivity index (χ0n) is 12.0. The quantitative estimate of drug-likeness (QED) is 0.635. The van der Waals surface area contributed by atoms with Gasteiger partial charge in [-0.1, -0.05) is 30.3 Å².